The van der Waals surface area contributed by atoms with Gasteiger partial charge >= 0.3 is 0 Å². The summed E-state index contributed by atoms with van der Waals surface area (Å²) in [5.41, 5.74) is 6.78. The number of hydrogen-bond acceptors (Lipinski definition) is 4. The third kappa shape index (κ3) is 3.32. The van der Waals surface area contributed by atoms with Crippen LogP contribution in [0, 0.1) is 6.92 Å². The molecule has 0 aliphatic rings. The first-order valence-corrected chi connectivity index (χ1v) is 7.34. The summed E-state index contributed by atoms with van der Waals surface area (Å²) < 4.78 is 0. The molecule has 0 aliphatic carbocycles. The molecule has 1 heterocycles. The average molecular weight is 314 g/mol. The van der Waals surface area contributed by atoms with E-state index in [1.165, 1.54) is 11.8 Å². The number of rotatable bonds is 3. The van der Waals surface area contributed by atoms with Gasteiger partial charge < -0.3 is 5.73 Å². The van der Waals surface area contributed by atoms with Gasteiger partial charge in [0.05, 0.1) is 10.0 Å². The van der Waals surface area contributed by atoms with Gasteiger partial charge in [-0.3, -0.25) is 0 Å². The standard InChI is InChI=1S/C13H13Cl2N3S/c1-3-11-17-12(16)7(2)13(18-11)19-8-4-5-9(14)10(15)6-8/h4-6H,3H2,1-2H3,(H2,16,17,18). The Labute approximate surface area is 126 Å². The van der Waals surface area contributed by atoms with E-state index in [4.69, 9.17) is 28.9 Å². The Kier molecular flexibility index (Phi) is 4.55. The molecule has 0 amide bonds. The van der Waals surface area contributed by atoms with E-state index < -0.39 is 0 Å². The van der Waals surface area contributed by atoms with E-state index in [1.54, 1.807) is 6.07 Å². The van der Waals surface area contributed by atoms with Crippen LogP contribution < -0.4 is 5.73 Å². The Morgan fingerprint density at radius 2 is 1.95 bits per heavy atom. The lowest BCUT2D eigenvalue weighted by Crippen LogP contribution is -2.03. The molecule has 0 saturated carbocycles. The first-order valence-electron chi connectivity index (χ1n) is 5.77. The smallest absolute Gasteiger partial charge is 0.131 e. The van der Waals surface area contributed by atoms with E-state index in [-0.39, 0.29) is 0 Å². The second-order valence-electron chi connectivity index (χ2n) is 3.99. The molecule has 3 nitrogen and oxygen atoms in total. The summed E-state index contributed by atoms with van der Waals surface area (Å²) in [6.45, 7) is 3.91. The SMILES string of the molecule is CCc1nc(N)c(C)c(Sc2ccc(Cl)c(Cl)c2)n1. The van der Waals surface area contributed by atoms with Crippen molar-refractivity contribution in [1.82, 2.24) is 9.97 Å². The van der Waals surface area contributed by atoms with Gasteiger partial charge in [-0.15, -0.1) is 0 Å². The maximum absolute atomic E-state index is 6.01. The van der Waals surface area contributed by atoms with Crippen LogP contribution in [-0.4, -0.2) is 9.97 Å². The molecule has 0 saturated heterocycles. The van der Waals surface area contributed by atoms with Crippen LogP contribution in [0.1, 0.15) is 18.3 Å². The first-order chi connectivity index (χ1) is 9.01. The Morgan fingerprint density at radius 1 is 1.21 bits per heavy atom. The van der Waals surface area contributed by atoms with Crippen molar-refractivity contribution < 1.29 is 0 Å². The van der Waals surface area contributed by atoms with Crippen molar-refractivity contribution in [1.29, 1.82) is 0 Å². The van der Waals surface area contributed by atoms with Crippen LogP contribution in [0.5, 0.6) is 0 Å². The largest absolute Gasteiger partial charge is 0.383 e. The lowest BCUT2D eigenvalue weighted by molar-refractivity contribution is 0.878. The van der Waals surface area contributed by atoms with Gasteiger partial charge in [0.1, 0.15) is 16.7 Å². The minimum Gasteiger partial charge on any atom is -0.383 e. The number of halogens is 2. The van der Waals surface area contributed by atoms with Gasteiger partial charge in [0, 0.05) is 16.9 Å². The van der Waals surface area contributed by atoms with Crippen LogP contribution in [0.25, 0.3) is 0 Å². The topological polar surface area (TPSA) is 51.8 Å². The van der Waals surface area contributed by atoms with E-state index in [1.807, 2.05) is 26.0 Å². The highest BCUT2D eigenvalue weighted by molar-refractivity contribution is 7.99. The summed E-state index contributed by atoms with van der Waals surface area (Å²) in [4.78, 5) is 9.70. The quantitative estimate of drug-likeness (QED) is 0.854. The van der Waals surface area contributed by atoms with Crippen molar-refractivity contribution in [3.05, 3.63) is 39.6 Å². The van der Waals surface area contributed by atoms with Gasteiger partial charge in [-0.2, -0.15) is 0 Å². The number of anilines is 1. The Bertz CT molecular complexity index is 617. The maximum atomic E-state index is 6.01. The minimum atomic E-state index is 0.523. The van der Waals surface area contributed by atoms with Gasteiger partial charge in [-0.1, -0.05) is 41.9 Å². The molecule has 19 heavy (non-hydrogen) atoms. The van der Waals surface area contributed by atoms with Gasteiger partial charge in [0.25, 0.3) is 0 Å². The molecule has 100 valence electrons. The second-order valence-corrected chi connectivity index (χ2v) is 5.86. The molecule has 0 fully saturated rings. The Hall–Kier alpha value is -0.970. The van der Waals surface area contributed by atoms with Crippen molar-refractivity contribution in [2.75, 3.05) is 5.73 Å². The molecule has 0 bridgehead atoms. The number of aryl methyl sites for hydroxylation is 1. The highest BCUT2D eigenvalue weighted by Gasteiger charge is 2.10. The molecule has 1 aromatic heterocycles. The van der Waals surface area contributed by atoms with Crippen LogP contribution in [0.4, 0.5) is 5.82 Å². The van der Waals surface area contributed by atoms with E-state index in [0.717, 1.165) is 27.7 Å². The zero-order valence-corrected chi connectivity index (χ0v) is 12.9. The molecule has 0 unspecified atom stereocenters. The fourth-order valence-electron chi connectivity index (χ4n) is 1.47. The summed E-state index contributed by atoms with van der Waals surface area (Å²) in [6.07, 6.45) is 0.749. The molecule has 0 atom stereocenters. The van der Waals surface area contributed by atoms with Crippen LogP contribution in [0.3, 0.4) is 0 Å². The van der Waals surface area contributed by atoms with Crippen LogP contribution in [0.2, 0.25) is 10.0 Å². The van der Waals surface area contributed by atoms with Crippen LogP contribution in [0.15, 0.2) is 28.1 Å². The van der Waals surface area contributed by atoms with Gasteiger partial charge in [0.2, 0.25) is 0 Å². The van der Waals surface area contributed by atoms with Crippen molar-refractivity contribution in [3.8, 4) is 0 Å². The summed E-state index contributed by atoms with van der Waals surface area (Å²) in [6, 6.07) is 5.49. The highest BCUT2D eigenvalue weighted by Crippen LogP contribution is 2.34. The third-order valence-corrected chi connectivity index (χ3v) is 4.43. The number of nitrogens with zero attached hydrogens (tertiary/aromatic N) is 2. The summed E-state index contributed by atoms with van der Waals surface area (Å²) in [5.74, 6) is 1.26. The number of benzene rings is 1. The monoisotopic (exact) mass is 313 g/mol. The number of hydrogen-bond donors (Lipinski definition) is 1. The Balaban J connectivity index is 2.37. The molecule has 0 spiro atoms. The fourth-order valence-corrected chi connectivity index (χ4v) is 2.78. The summed E-state index contributed by atoms with van der Waals surface area (Å²) >= 11 is 13.4. The lowest BCUT2D eigenvalue weighted by atomic mass is 10.3. The molecular formula is C13H13Cl2N3S. The molecule has 0 aliphatic heterocycles. The van der Waals surface area contributed by atoms with E-state index >= 15 is 0 Å². The van der Waals surface area contributed by atoms with Crippen molar-refractivity contribution in [3.63, 3.8) is 0 Å². The molecule has 2 N–H and O–H groups in total. The molecule has 0 radical (unpaired) electrons. The molecule has 6 heteroatoms. The summed E-state index contributed by atoms with van der Waals surface area (Å²) in [7, 11) is 0. The minimum absolute atomic E-state index is 0.523. The van der Waals surface area contributed by atoms with E-state index in [2.05, 4.69) is 9.97 Å². The zero-order valence-electron chi connectivity index (χ0n) is 10.6. The number of nitrogens with two attached hydrogens (primary N) is 1. The predicted octanol–water partition coefficient (Wildman–Crippen LogP) is 4.39. The maximum Gasteiger partial charge on any atom is 0.131 e. The third-order valence-electron chi connectivity index (χ3n) is 2.61. The zero-order chi connectivity index (χ0) is 14.0. The summed E-state index contributed by atoms with van der Waals surface area (Å²) in [5, 5.41) is 1.92. The van der Waals surface area contributed by atoms with Crippen LogP contribution >= 0.6 is 35.0 Å². The Morgan fingerprint density at radius 3 is 2.58 bits per heavy atom. The highest BCUT2D eigenvalue weighted by atomic mass is 35.5. The molecule has 2 rings (SSSR count). The van der Waals surface area contributed by atoms with Gasteiger partial charge in [-0.25, -0.2) is 9.97 Å². The van der Waals surface area contributed by atoms with Crippen molar-refractivity contribution >= 4 is 40.8 Å². The van der Waals surface area contributed by atoms with E-state index in [0.29, 0.717) is 15.9 Å². The molecule has 1 aromatic carbocycles. The predicted molar refractivity (Wildman–Crippen MR) is 81.1 cm³/mol. The van der Waals surface area contributed by atoms with Crippen LogP contribution in [-0.2, 0) is 6.42 Å². The normalized spacial score (nSPS) is 10.7. The molecule has 2 aromatic rings. The van der Waals surface area contributed by atoms with Crippen molar-refractivity contribution in [2.45, 2.75) is 30.2 Å². The first kappa shape index (κ1) is 14.4. The fraction of sp³-hybridized carbons (Fsp3) is 0.231. The lowest BCUT2D eigenvalue weighted by Gasteiger charge is -2.09. The van der Waals surface area contributed by atoms with Gasteiger partial charge in [-0.05, 0) is 25.1 Å². The van der Waals surface area contributed by atoms with Gasteiger partial charge in [0.15, 0.2) is 0 Å². The number of aromatic nitrogens is 2. The second kappa shape index (κ2) is 5.99. The number of nitrogen functional groups attached to an aromatic ring is 1. The van der Waals surface area contributed by atoms with Crippen molar-refractivity contribution in [2.24, 2.45) is 0 Å². The average Bonchev–Trinajstić information content (AvgIpc) is 2.39. The van der Waals surface area contributed by atoms with E-state index in [9.17, 15) is 0 Å². The molecular weight excluding hydrogens is 301 g/mol.